The molecule has 1 heterocycles. The topological polar surface area (TPSA) is 80.5 Å². The first kappa shape index (κ1) is 5.79. The number of H-pyrrole nitrogens is 1. The fourth-order valence-electron chi connectivity index (χ4n) is 0.977. The first-order valence-electron chi connectivity index (χ1n) is 3.37. The zero-order valence-corrected chi connectivity index (χ0v) is 5.49. The van der Waals surface area contributed by atoms with Crippen LogP contribution in [0.4, 0.5) is 0 Å². The summed E-state index contributed by atoms with van der Waals surface area (Å²) in [6.45, 7) is 0. The molecule has 10 heavy (non-hydrogen) atoms. The van der Waals surface area contributed by atoms with Crippen molar-refractivity contribution in [2.45, 2.75) is 18.9 Å². The molecule has 1 fully saturated rings. The van der Waals surface area contributed by atoms with Crippen LogP contribution in [0.3, 0.4) is 0 Å². The minimum Gasteiger partial charge on any atom is -0.321 e. The van der Waals surface area contributed by atoms with Crippen molar-refractivity contribution in [3.63, 3.8) is 0 Å². The summed E-state index contributed by atoms with van der Waals surface area (Å²) in [5.74, 6) is 1.24. The summed E-state index contributed by atoms with van der Waals surface area (Å²) in [4.78, 5) is 0. The summed E-state index contributed by atoms with van der Waals surface area (Å²) in [5.41, 5.74) is 5.76. The molecule has 5 nitrogen and oxygen atoms in total. The molecule has 2 rings (SSSR count). The number of hydrogen-bond donors (Lipinski definition) is 2. The predicted molar refractivity (Wildman–Crippen MR) is 33.8 cm³/mol. The first-order chi connectivity index (χ1) is 4.88. The molecule has 1 aromatic rings. The summed E-state index contributed by atoms with van der Waals surface area (Å²) in [5, 5.41) is 13.4. The number of nitrogens with zero attached hydrogens (tertiary/aromatic N) is 3. The molecule has 0 saturated heterocycles. The van der Waals surface area contributed by atoms with Gasteiger partial charge in [-0.2, -0.15) is 5.21 Å². The molecule has 1 aromatic heterocycles. The van der Waals surface area contributed by atoms with Crippen LogP contribution in [0.2, 0.25) is 0 Å². The quantitative estimate of drug-likeness (QED) is 0.584. The fraction of sp³-hybridized carbons (Fsp3) is 0.800. The highest BCUT2D eigenvalue weighted by molar-refractivity contribution is 4.96. The van der Waals surface area contributed by atoms with E-state index in [0.29, 0.717) is 11.7 Å². The van der Waals surface area contributed by atoms with E-state index in [2.05, 4.69) is 20.6 Å². The van der Waals surface area contributed by atoms with E-state index in [4.69, 9.17) is 5.73 Å². The molecule has 54 valence electrons. The van der Waals surface area contributed by atoms with E-state index in [1.165, 1.54) is 12.8 Å². The van der Waals surface area contributed by atoms with Crippen molar-refractivity contribution in [1.82, 2.24) is 20.6 Å². The average Bonchev–Trinajstić information content (AvgIpc) is 2.65. The lowest BCUT2D eigenvalue weighted by Gasteiger charge is -2.01. The van der Waals surface area contributed by atoms with Gasteiger partial charge < -0.3 is 5.73 Å². The van der Waals surface area contributed by atoms with Gasteiger partial charge in [-0.05, 0) is 18.8 Å². The van der Waals surface area contributed by atoms with Gasteiger partial charge in [0.05, 0.1) is 6.04 Å². The molecule has 0 amide bonds. The van der Waals surface area contributed by atoms with E-state index in [0.717, 1.165) is 0 Å². The van der Waals surface area contributed by atoms with E-state index in [1.807, 2.05) is 0 Å². The predicted octanol–water partition coefficient (Wildman–Crippen LogP) is -0.391. The van der Waals surface area contributed by atoms with E-state index in [1.54, 1.807) is 0 Å². The van der Waals surface area contributed by atoms with Gasteiger partial charge in [0.2, 0.25) is 0 Å². The Hall–Kier alpha value is -0.970. The third-order valence-corrected chi connectivity index (χ3v) is 1.79. The number of tetrazole rings is 1. The van der Waals surface area contributed by atoms with E-state index in [9.17, 15) is 0 Å². The van der Waals surface area contributed by atoms with Gasteiger partial charge in [-0.25, -0.2) is 0 Å². The Bertz CT molecular complexity index is 202. The van der Waals surface area contributed by atoms with Crippen molar-refractivity contribution < 1.29 is 0 Å². The largest absolute Gasteiger partial charge is 0.321 e. The van der Waals surface area contributed by atoms with Gasteiger partial charge in [-0.1, -0.05) is 5.21 Å². The SMILES string of the molecule is N[C@@H](c1nn[nH]n1)C1CC1. The van der Waals surface area contributed by atoms with Crippen LogP contribution in [-0.4, -0.2) is 20.6 Å². The van der Waals surface area contributed by atoms with Crippen molar-refractivity contribution in [3.05, 3.63) is 5.82 Å². The van der Waals surface area contributed by atoms with Crippen molar-refractivity contribution >= 4 is 0 Å². The lowest BCUT2D eigenvalue weighted by Crippen LogP contribution is -2.14. The maximum atomic E-state index is 5.76. The van der Waals surface area contributed by atoms with E-state index < -0.39 is 0 Å². The van der Waals surface area contributed by atoms with Crippen molar-refractivity contribution in [2.75, 3.05) is 0 Å². The molecule has 0 aliphatic heterocycles. The molecule has 0 radical (unpaired) electrons. The van der Waals surface area contributed by atoms with Gasteiger partial charge >= 0.3 is 0 Å². The minimum absolute atomic E-state index is 0.00116. The minimum atomic E-state index is -0.00116. The first-order valence-corrected chi connectivity index (χ1v) is 3.37. The van der Waals surface area contributed by atoms with Gasteiger partial charge in [0.1, 0.15) is 0 Å². The Morgan fingerprint density at radius 2 is 2.40 bits per heavy atom. The van der Waals surface area contributed by atoms with Crippen LogP contribution in [0.5, 0.6) is 0 Å². The van der Waals surface area contributed by atoms with Gasteiger partial charge in [-0.15, -0.1) is 10.2 Å². The van der Waals surface area contributed by atoms with Gasteiger partial charge in [0.15, 0.2) is 5.82 Å². The van der Waals surface area contributed by atoms with Crippen LogP contribution in [0.1, 0.15) is 24.7 Å². The molecule has 0 unspecified atom stereocenters. The summed E-state index contributed by atoms with van der Waals surface area (Å²) in [6, 6.07) is -0.00116. The van der Waals surface area contributed by atoms with Gasteiger partial charge in [0.25, 0.3) is 0 Å². The van der Waals surface area contributed by atoms with Crippen LogP contribution in [0.15, 0.2) is 0 Å². The lowest BCUT2D eigenvalue weighted by molar-refractivity contribution is 0.594. The normalized spacial score (nSPS) is 20.9. The van der Waals surface area contributed by atoms with Crippen molar-refractivity contribution in [2.24, 2.45) is 11.7 Å². The molecule has 0 bridgehead atoms. The number of nitrogens with one attached hydrogen (secondary N) is 1. The molecule has 1 atom stereocenters. The molecule has 5 heteroatoms. The van der Waals surface area contributed by atoms with E-state index >= 15 is 0 Å². The smallest absolute Gasteiger partial charge is 0.191 e. The number of nitrogens with two attached hydrogens (primary N) is 1. The Labute approximate surface area is 58.0 Å². The molecule has 1 aliphatic rings. The van der Waals surface area contributed by atoms with Gasteiger partial charge in [-0.3, -0.25) is 0 Å². The highest BCUT2D eigenvalue weighted by Crippen LogP contribution is 2.37. The lowest BCUT2D eigenvalue weighted by atomic mass is 10.2. The summed E-state index contributed by atoms with van der Waals surface area (Å²) >= 11 is 0. The monoisotopic (exact) mass is 139 g/mol. The maximum Gasteiger partial charge on any atom is 0.191 e. The Morgan fingerprint density at radius 3 is 2.90 bits per heavy atom. The van der Waals surface area contributed by atoms with E-state index in [-0.39, 0.29) is 6.04 Å². The number of aromatic nitrogens is 4. The summed E-state index contributed by atoms with van der Waals surface area (Å²) in [7, 11) is 0. The maximum absolute atomic E-state index is 5.76. The second-order valence-corrected chi connectivity index (χ2v) is 2.63. The summed E-state index contributed by atoms with van der Waals surface area (Å²) < 4.78 is 0. The van der Waals surface area contributed by atoms with Crippen LogP contribution < -0.4 is 5.73 Å². The highest BCUT2D eigenvalue weighted by Gasteiger charge is 2.31. The van der Waals surface area contributed by atoms with Crippen molar-refractivity contribution in [1.29, 1.82) is 0 Å². The highest BCUT2D eigenvalue weighted by atomic mass is 15.5. The molecular formula is C5H9N5. The zero-order valence-electron chi connectivity index (χ0n) is 5.49. The molecule has 0 aromatic carbocycles. The zero-order chi connectivity index (χ0) is 6.97. The number of aromatic amines is 1. The van der Waals surface area contributed by atoms with Crippen LogP contribution in [-0.2, 0) is 0 Å². The van der Waals surface area contributed by atoms with Crippen LogP contribution in [0, 0.1) is 5.92 Å². The summed E-state index contributed by atoms with van der Waals surface area (Å²) in [6.07, 6.45) is 2.41. The Kier molecular flexibility index (Phi) is 1.17. The third kappa shape index (κ3) is 0.881. The standard InChI is InChI=1S/C5H9N5/c6-4(3-1-2-3)5-7-9-10-8-5/h3-4H,1-2,6H2,(H,7,8,9,10)/t4-/m1/s1. The average molecular weight is 139 g/mol. The molecule has 3 N–H and O–H groups in total. The van der Waals surface area contributed by atoms with Gasteiger partial charge in [0, 0.05) is 0 Å². The fourth-order valence-corrected chi connectivity index (χ4v) is 0.977. The second-order valence-electron chi connectivity index (χ2n) is 2.63. The molecular weight excluding hydrogens is 130 g/mol. The molecule has 1 aliphatic carbocycles. The second kappa shape index (κ2) is 2.02. The van der Waals surface area contributed by atoms with Crippen molar-refractivity contribution in [3.8, 4) is 0 Å². The molecule has 1 saturated carbocycles. The third-order valence-electron chi connectivity index (χ3n) is 1.79. The Balaban J connectivity index is 2.11. The Morgan fingerprint density at radius 1 is 1.60 bits per heavy atom. The molecule has 0 spiro atoms. The number of hydrogen-bond acceptors (Lipinski definition) is 4. The van der Waals surface area contributed by atoms with Crippen LogP contribution >= 0.6 is 0 Å². The number of rotatable bonds is 2. The van der Waals surface area contributed by atoms with Crippen LogP contribution in [0.25, 0.3) is 0 Å².